The number of anilines is 1. The maximum absolute atomic E-state index is 12.6. The number of aryl methyl sites for hydroxylation is 1. The lowest BCUT2D eigenvalue weighted by atomic mass is 10.3. The summed E-state index contributed by atoms with van der Waals surface area (Å²) in [6.45, 7) is 1.55. The van der Waals surface area contributed by atoms with Crippen molar-refractivity contribution in [3.8, 4) is 5.75 Å². The zero-order valence-corrected chi connectivity index (χ0v) is 12.9. The second kappa shape index (κ2) is 5.38. The van der Waals surface area contributed by atoms with Crippen molar-refractivity contribution in [3.05, 3.63) is 40.1 Å². The minimum absolute atomic E-state index is 0.0740. The molecule has 0 atom stereocenters. The number of phenols is 1. The Labute approximate surface area is 125 Å². The number of phenolic OH excluding ortho intramolecular Hbond substituents is 1. The zero-order chi connectivity index (χ0) is 15.8. The van der Waals surface area contributed by atoms with Crippen LogP contribution in [0.15, 0.2) is 34.5 Å². The Bertz CT molecular complexity index is 795. The molecule has 8 heteroatoms. The Balaban J connectivity index is 2.57. The number of hydrogen-bond acceptors (Lipinski definition) is 5. The highest BCUT2D eigenvalue weighted by atomic mass is 32.2. The van der Waals surface area contributed by atoms with Crippen molar-refractivity contribution in [1.29, 1.82) is 0 Å². The quantitative estimate of drug-likeness (QED) is 0.898. The number of rotatable bonds is 4. The van der Waals surface area contributed by atoms with Crippen LogP contribution in [-0.4, -0.2) is 31.6 Å². The van der Waals surface area contributed by atoms with Gasteiger partial charge >= 0.3 is 5.97 Å². The van der Waals surface area contributed by atoms with Crippen molar-refractivity contribution in [1.82, 2.24) is 0 Å². The average molecular weight is 327 g/mol. The Kier molecular flexibility index (Phi) is 3.93. The van der Waals surface area contributed by atoms with Crippen LogP contribution in [0.4, 0.5) is 5.69 Å². The topological polar surface area (TPSA) is 94.9 Å². The van der Waals surface area contributed by atoms with Gasteiger partial charge in [0.05, 0.1) is 5.69 Å². The molecule has 0 unspecified atom stereocenters. The van der Waals surface area contributed by atoms with Gasteiger partial charge in [0.2, 0.25) is 0 Å². The Morgan fingerprint density at radius 2 is 2.00 bits per heavy atom. The molecule has 6 nitrogen and oxygen atoms in total. The minimum Gasteiger partial charge on any atom is -0.508 e. The highest BCUT2D eigenvalue weighted by Crippen LogP contribution is 2.32. The number of carboxylic acid groups (broad SMARTS) is 1. The second-order valence-electron chi connectivity index (χ2n) is 4.37. The first-order valence-corrected chi connectivity index (χ1v) is 8.16. The number of carboxylic acids is 1. The fourth-order valence-corrected chi connectivity index (χ4v) is 4.63. The monoisotopic (exact) mass is 327 g/mol. The molecule has 112 valence electrons. The minimum atomic E-state index is -4.02. The van der Waals surface area contributed by atoms with Gasteiger partial charge in [-0.05, 0) is 30.0 Å². The third-order valence-electron chi connectivity index (χ3n) is 2.92. The van der Waals surface area contributed by atoms with E-state index in [0.717, 1.165) is 15.6 Å². The molecule has 21 heavy (non-hydrogen) atoms. The van der Waals surface area contributed by atoms with Crippen molar-refractivity contribution >= 4 is 33.0 Å². The van der Waals surface area contributed by atoms with Gasteiger partial charge in [-0.25, -0.2) is 13.2 Å². The molecule has 0 amide bonds. The normalized spacial score (nSPS) is 11.3. The van der Waals surface area contributed by atoms with Gasteiger partial charge in [0.25, 0.3) is 10.0 Å². The molecule has 0 bridgehead atoms. The fourth-order valence-electron chi connectivity index (χ4n) is 1.87. The number of aromatic hydroxyl groups is 1. The summed E-state index contributed by atoms with van der Waals surface area (Å²) in [5, 5.41) is 20.1. The van der Waals surface area contributed by atoms with Crippen LogP contribution in [0.2, 0.25) is 0 Å². The molecule has 0 saturated carbocycles. The maximum Gasteiger partial charge on any atom is 0.347 e. The van der Waals surface area contributed by atoms with Crippen molar-refractivity contribution in [2.75, 3.05) is 11.4 Å². The lowest BCUT2D eigenvalue weighted by molar-refractivity contribution is 0.0698. The van der Waals surface area contributed by atoms with Crippen LogP contribution in [0.5, 0.6) is 5.75 Å². The average Bonchev–Trinajstić information content (AvgIpc) is 2.80. The third kappa shape index (κ3) is 2.72. The van der Waals surface area contributed by atoms with E-state index in [4.69, 9.17) is 5.11 Å². The van der Waals surface area contributed by atoms with Crippen molar-refractivity contribution < 1.29 is 23.4 Å². The second-order valence-corrected chi connectivity index (χ2v) is 7.16. The summed E-state index contributed by atoms with van der Waals surface area (Å²) in [6, 6.07) is 5.73. The van der Waals surface area contributed by atoms with Gasteiger partial charge in [-0.15, -0.1) is 11.3 Å². The van der Waals surface area contributed by atoms with Crippen molar-refractivity contribution in [2.45, 2.75) is 11.8 Å². The molecular formula is C13H13NO5S2. The summed E-state index contributed by atoms with van der Waals surface area (Å²) in [4.78, 5) is 10.7. The number of nitrogens with zero attached hydrogens (tertiary/aromatic N) is 1. The fraction of sp³-hybridized carbons (Fsp3) is 0.154. The predicted molar refractivity (Wildman–Crippen MR) is 79.7 cm³/mol. The lowest BCUT2D eigenvalue weighted by Gasteiger charge is -2.20. The lowest BCUT2D eigenvalue weighted by Crippen LogP contribution is -2.28. The largest absolute Gasteiger partial charge is 0.508 e. The van der Waals surface area contributed by atoms with Crippen molar-refractivity contribution in [2.24, 2.45) is 0 Å². The summed E-state index contributed by atoms with van der Waals surface area (Å²) in [5.41, 5.74) is 0.626. The molecular weight excluding hydrogens is 314 g/mol. The van der Waals surface area contributed by atoms with Gasteiger partial charge < -0.3 is 10.2 Å². The van der Waals surface area contributed by atoms with Crippen LogP contribution in [0.3, 0.4) is 0 Å². The zero-order valence-electron chi connectivity index (χ0n) is 11.3. The third-order valence-corrected chi connectivity index (χ3v) is 6.11. The van der Waals surface area contributed by atoms with Gasteiger partial charge in [-0.2, -0.15) is 0 Å². The predicted octanol–water partition coefficient (Wildman–Crippen LogP) is 2.29. The molecule has 2 rings (SSSR count). The van der Waals surface area contributed by atoms with Crippen LogP contribution in [0.25, 0.3) is 0 Å². The van der Waals surface area contributed by atoms with Crippen LogP contribution in [0.1, 0.15) is 15.2 Å². The van der Waals surface area contributed by atoms with E-state index in [0.29, 0.717) is 5.56 Å². The molecule has 0 aliphatic heterocycles. The molecule has 2 aromatic rings. The van der Waals surface area contributed by atoms with Gasteiger partial charge in [0.1, 0.15) is 15.5 Å². The van der Waals surface area contributed by atoms with E-state index in [9.17, 15) is 18.3 Å². The summed E-state index contributed by atoms with van der Waals surface area (Å²) >= 11 is 0.872. The molecule has 0 fully saturated rings. The number of carbonyl (C=O) groups is 1. The highest BCUT2D eigenvalue weighted by Gasteiger charge is 2.30. The smallest absolute Gasteiger partial charge is 0.347 e. The summed E-state index contributed by atoms with van der Waals surface area (Å²) < 4.78 is 26.2. The molecule has 0 spiro atoms. The standard InChI is InChI=1S/C13H13NO5S2/c1-8-7-20-11(13(16)17)12(8)21(18,19)14(2)9-4-3-5-10(15)6-9/h3-7,15H,1-2H3,(H,16,17). The molecule has 1 aromatic heterocycles. The van der Waals surface area contributed by atoms with E-state index in [1.54, 1.807) is 6.92 Å². The van der Waals surface area contributed by atoms with Crippen LogP contribution < -0.4 is 4.31 Å². The van der Waals surface area contributed by atoms with E-state index in [1.807, 2.05) is 0 Å². The maximum atomic E-state index is 12.6. The molecule has 0 aliphatic rings. The number of thiophene rings is 1. The van der Waals surface area contributed by atoms with Crippen LogP contribution >= 0.6 is 11.3 Å². The number of aromatic carboxylic acids is 1. The molecule has 1 heterocycles. The number of hydrogen-bond donors (Lipinski definition) is 2. The van der Waals surface area contributed by atoms with Gasteiger partial charge in [-0.1, -0.05) is 6.07 Å². The molecule has 0 saturated heterocycles. The van der Waals surface area contributed by atoms with Crippen molar-refractivity contribution in [3.63, 3.8) is 0 Å². The van der Waals surface area contributed by atoms with E-state index < -0.39 is 16.0 Å². The Hall–Kier alpha value is -2.06. The molecule has 1 aromatic carbocycles. The van der Waals surface area contributed by atoms with Crippen LogP contribution in [-0.2, 0) is 10.0 Å². The molecule has 2 N–H and O–H groups in total. The van der Waals surface area contributed by atoms with E-state index in [2.05, 4.69) is 0 Å². The number of benzene rings is 1. The van der Waals surface area contributed by atoms with E-state index in [1.165, 1.54) is 36.7 Å². The Morgan fingerprint density at radius 1 is 1.33 bits per heavy atom. The first-order valence-electron chi connectivity index (χ1n) is 5.84. The van der Waals surface area contributed by atoms with Crippen LogP contribution in [0, 0.1) is 6.92 Å². The summed E-state index contributed by atoms with van der Waals surface area (Å²) in [6.07, 6.45) is 0. The molecule has 0 aliphatic carbocycles. The van der Waals surface area contributed by atoms with E-state index in [-0.39, 0.29) is 21.2 Å². The van der Waals surface area contributed by atoms with Gasteiger partial charge in [0.15, 0.2) is 0 Å². The highest BCUT2D eigenvalue weighted by molar-refractivity contribution is 7.93. The van der Waals surface area contributed by atoms with Gasteiger partial charge in [0, 0.05) is 13.1 Å². The van der Waals surface area contributed by atoms with Gasteiger partial charge in [-0.3, -0.25) is 4.31 Å². The SMILES string of the molecule is Cc1csc(C(=O)O)c1S(=O)(=O)N(C)c1cccc(O)c1. The Morgan fingerprint density at radius 3 is 2.57 bits per heavy atom. The number of sulfonamides is 1. The molecule has 0 radical (unpaired) electrons. The summed E-state index contributed by atoms with van der Waals surface area (Å²) in [5.74, 6) is -1.36. The first-order chi connectivity index (χ1) is 9.75. The summed E-state index contributed by atoms with van der Waals surface area (Å²) in [7, 11) is -2.71. The van der Waals surface area contributed by atoms with E-state index >= 15 is 0 Å². The first kappa shape index (κ1) is 15.3.